The summed E-state index contributed by atoms with van der Waals surface area (Å²) in [5, 5.41) is 11.2. The zero-order valence-electron chi connectivity index (χ0n) is 25.2. The van der Waals surface area contributed by atoms with Crippen molar-refractivity contribution in [3.63, 3.8) is 0 Å². The molecule has 1 aromatic heterocycles. The van der Waals surface area contributed by atoms with Crippen LogP contribution in [0.3, 0.4) is 0 Å². The number of guanidine groups is 1. The number of amides is 3. The number of nitrogens with one attached hydrogen (secondary N) is 4. The highest BCUT2D eigenvalue weighted by Crippen LogP contribution is 2.60. The van der Waals surface area contributed by atoms with Gasteiger partial charge in [0, 0.05) is 36.3 Å². The molecule has 1 unspecified atom stereocenters. The van der Waals surface area contributed by atoms with E-state index in [4.69, 9.17) is 9.47 Å². The lowest BCUT2D eigenvalue weighted by atomic mass is 9.50. The predicted octanol–water partition coefficient (Wildman–Crippen LogP) is 3.39. The minimum atomic E-state index is -1.08. The lowest BCUT2D eigenvalue weighted by molar-refractivity contribution is -0.147. The van der Waals surface area contributed by atoms with Crippen molar-refractivity contribution < 1.29 is 28.7 Å². The van der Waals surface area contributed by atoms with Gasteiger partial charge in [0.15, 0.2) is 5.96 Å². The van der Waals surface area contributed by atoms with Crippen LogP contribution in [-0.4, -0.2) is 68.7 Å². The number of aryl methyl sites for hydroxylation is 1. The van der Waals surface area contributed by atoms with E-state index in [9.17, 15) is 19.2 Å². The Morgan fingerprint density at radius 1 is 1.07 bits per heavy atom. The van der Waals surface area contributed by atoms with Gasteiger partial charge in [0.25, 0.3) is 5.91 Å². The van der Waals surface area contributed by atoms with E-state index in [1.807, 2.05) is 19.9 Å². The van der Waals surface area contributed by atoms with Gasteiger partial charge in [-0.25, -0.2) is 9.59 Å². The first kappa shape index (κ1) is 31.3. The van der Waals surface area contributed by atoms with Gasteiger partial charge in [0.05, 0.1) is 18.1 Å². The number of hydrogen-bond acceptors (Lipinski definition) is 9. The molecule has 0 spiro atoms. The molecule has 4 fully saturated rings. The van der Waals surface area contributed by atoms with Crippen LogP contribution in [0.15, 0.2) is 17.1 Å². The molecule has 1 aromatic rings. The minimum absolute atomic E-state index is 0.0619. The molecule has 4 bridgehead atoms. The molecular weight excluding hydrogens is 570 g/mol. The number of carbonyl (C=O) groups is 4. The third-order valence-electron chi connectivity index (χ3n) is 8.92. The van der Waals surface area contributed by atoms with Gasteiger partial charge in [-0.1, -0.05) is 13.8 Å². The zero-order valence-corrected chi connectivity index (χ0v) is 26.1. The van der Waals surface area contributed by atoms with Crippen molar-refractivity contribution in [3.8, 4) is 0 Å². The molecule has 0 saturated heterocycles. The van der Waals surface area contributed by atoms with E-state index in [0.717, 1.165) is 54.9 Å². The Hall–Kier alpha value is -3.15. The van der Waals surface area contributed by atoms with E-state index in [1.54, 1.807) is 6.07 Å². The Labute approximate surface area is 257 Å². The molecule has 1 atom stereocenters. The minimum Gasteiger partial charge on any atom is -0.464 e. The van der Waals surface area contributed by atoms with Gasteiger partial charge in [-0.15, -0.1) is 11.3 Å². The average Bonchev–Trinajstić information content (AvgIpc) is 3.45. The van der Waals surface area contributed by atoms with Crippen molar-refractivity contribution in [2.24, 2.45) is 34.1 Å². The average molecular weight is 616 g/mol. The highest BCUT2D eigenvalue weighted by molar-refractivity contribution is 7.14. The van der Waals surface area contributed by atoms with E-state index in [1.165, 1.54) is 30.6 Å². The van der Waals surface area contributed by atoms with E-state index < -0.39 is 18.1 Å². The standard InChI is InChI=1S/C31H45N5O6S/c1-19(2)17-41-28(39)24(35-30(40)42-18-31-13-20-10-21(14-31)12-22(11-20)15-31)16-34-27(38)25-6-4-23(43-25)5-7-26(37)36-29-32-8-3-9-33-29/h4,6,19-22,24H,3,5,7-18H2,1-2H3,(H,34,38)(H,35,40)(H2,32,33,36,37). The Balaban J connectivity index is 1.10. The lowest BCUT2D eigenvalue weighted by Crippen LogP contribution is -2.51. The summed E-state index contributed by atoms with van der Waals surface area (Å²) in [6.07, 6.45) is 8.30. The maximum absolute atomic E-state index is 12.9. The van der Waals surface area contributed by atoms with Gasteiger partial charge in [0.2, 0.25) is 5.91 Å². The summed E-state index contributed by atoms with van der Waals surface area (Å²) in [5.41, 5.74) is 0.0619. The van der Waals surface area contributed by atoms with E-state index in [-0.39, 0.29) is 42.7 Å². The SMILES string of the molecule is CC(C)COC(=O)C(CNC(=O)c1ccc(CCC(=O)NC2=NCCCN2)s1)NC(=O)OCC12CC3CC(CC(C3)C1)C2. The molecule has 0 aromatic carbocycles. The Morgan fingerprint density at radius 2 is 1.79 bits per heavy atom. The van der Waals surface area contributed by atoms with Gasteiger partial charge in [-0.05, 0) is 87.2 Å². The maximum atomic E-state index is 12.9. The number of carbonyl (C=O) groups excluding carboxylic acids is 4. The van der Waals surface area contributed by atoms with Crippen LogP contribution in [0.25, 0.3) is 0 Å². The number of esters is 1. The summed E-state index contributed by atoms with van der Waals surface area (Å²) in [4.78, 5) is 56.5. The van der Waals surface area contributed by atoms with Gasteiger partial charge >= 0.3 is 12.1 Å². The van der Waals surface area contributed by atoms with Crippen LogP contribution in [0.1, 0.15) is 79.8 Å². The summed E-state index contributed by atoms with van der Waals surface area (Å²) >= 11 is 1.29. The molecule has 12 heteroatoms. The molecule has 4 N–H and O–H groups in total. The first-order valence-electron chi connectivity index (χ1n) is 15.7. The van der Waals surface area contributed by atoms with Crippen molar-refractivity contribution in [2.75, 3.05) is 32.8 Å². The van der Waals surface area contributed by atoms with Crippen LogP contribution in [0.2, 0.25) is 0 Å². The van der Waals surface area contributed by atoms with Crippen LogP contribution >= 0.6 is 11.3 Å². The van der Waals surface area contributed by atoms with Crippen LogP contribution in [0.4, 0.5) is 4.79 Å². The summed E-state index contributed by atoms with van der Waals surface area (Å²) in [6.45, 7) is 5.78. The van der Waals surface area contributed by atoms with Gasteiger partial charge in [-0.2, -0.15) is 0 Å². The molecule has 236 valence electrons. The zero-order chi connectivity index (χ0) is 30.4. The number of nitrogens with zero attached hydrogens (tertiary/aromatic N) is 1. The van der Waals surface area contributed by atoms with Crippen molar-refractivity contribution >= 4 is 41.2 Å². The lowest BCUT2D eigenvalue weighted by Gasteiger charge is -2.56. The normalized spacial score (nSPS) is 26.2. The molecule has 6 rings (SSSR count). The number of thiophene rings is 1. The largest absolute Gasteiger partial charge is 0.464 e. The van der Waals surface area contributed by atoms with E-state index >= 15 is 0 Å². The quantitative estimate of drug-likeness (QED) is 0.264. The first-order chi connectivity index (χ1) is 20.7. The van der Waals surface area contributed by atoms with Crippen molar-refractivity contribution in [2.45, 2.75) is 77.7 Å². The van der Waals surface area contributed by atoms with Gasteiger partial charge in [0.1, 0.15) is 6.04 Å². The third kappa shape index (κ3) is 8.70. The predicted molar refractivity (Wildman–Crippen MR) is 163 cm³/mol. The molecule has 11 nitrogen and oxygen atoms in total. The van der Waals surface area contributed by atoms with Crippen LogP contribution < -0.4 is 21.3 Å². The molecule has 0 radical (unpaired) electrons. The fourth-order valence-electron chi connectivity index (χ4n) is 7.38. The Bertz CT molecular complexity index is 1180. The second-order valence-corrected chi connectivity index (χ2v) is 14.4. The molecule has 4 saturated carbocycles. The summed E-state index contributed by atoms with van der Waals surface area (Å²) < 4.78 is 11.1. The number of rotatable bonds is 12. The number of aliphatic imine (C=N–C) groups is 1. The van der Waals surface area contributed by atoms with E-state index in [0.29, 0.717) is 30.4 Å². The second kappa shape index (κ2) is 14.1. The number of ether oxygens (including phenoxy) is 2. The summed E-state index contributed by atoms with van der Waals surface area (Å²) in [6, 6.07) is 2.43. The molecule has 5 aliphatic rings. The van der Waals surface area contributed by atoms with Gasteiger partial charge in [-0.3, -0.25) is 19.9 Å². The van der Waals surface area contributed by atoms with E-state index in [2.05, 4.69) is 26.3 Å². The fraction of sp³-hybridized carbons (Fsp3) is 0.710. The Morgan fingerprint density at radius 3 is 2.44 bits per heavy atom. The molecule has 2 heterocycles. The van der Waals surface area contributed by atoms with Crippen molar-refractivity contribution in [1.29, 1.82) is 0 Å². The highest BCUT2D eigenvalue weighted by atomic mass is 32.1. The third-order valence-corrected chi connectivity index (χ3v) is 10.1. The maximum Gasteiger partial charge on any atom is 0.407 e. The molecule has 43 heavy (non-hydrogen) atoms. The van der Waals surface area contributed by atoms with Crippen LogP contribution in [0.5, 0.6) is 0 Å². The monoisotopic (exact) mass is 615 g/mol. The highest BCUT2D eigenvalue weighted by Gasteiger charge is 2.51. The van der Waals surface area contributed by atoms with Crippen molar-refractivity contribution in [1.82, 2.24) is 21.3 Å². The fourth-order valence-corrected chi connectivity index (χ4v) is 8.30. The Kier molecular flexibility index (Phi) is 10.2. The molecule has 1 aliphatic heterocycles. The van der Waals surface area contributed by atoms with Crippen LogP contribution in [-0.2, 0) is 25.5 Å². The molecule has 3 amide bonds. The topological polar surface area (TPSA) is 147 Å². The summed E-state index contributed by atoms with van der Waals surface area (Å²) in [5.74, 6) is 1.75. The van der Waals surface area contributed by atoms with Crippen LogP contribution in [0, 0.1) is 29.1 Å². The molecule has 4 aliphatic carbocycles. The molecular formula is C31H45N5O6S. The van der Waals surface area contributed by atoms with Crippen molar-refractivity contribution in [3.05, 3.63) is 21.9 Å². The summed E-state index contributed by atoms with van der Waals surface area (Å²) in [7, 11) is 0. The number of hydrogen-bond donors (Lipinski definition) is 4. The smallest absolute Gasteiger partial charge is 0.407 e. The number of alkyl carbamates (subject to hydrolysis) is 1. The first-order valence-corrected chi connectivity index (χ1v) is 16.5. The second-order valence-electron chi connectivity index (χ2n) is 13.2. The van der Waals surface area contributed by atoms with Gasteiger partial charge < -0.3 is 25.4 Å².